The molecule has 3 rings (SSSR count). The quantitative estimate of drug-likeness (QED) is 0.317. The van der Waals surface area contributed by atoms with Crippen LogP contribution in [0, 0.1) is 0 Å². The van der Waals surface area contributed by atoms with E-state index < -0.39 is 6.17 Å². The molecule has 0 aliphatic rings. The van der Waals surface area contributed by atoms with E-state index in [1.165, 1.54) is 0 Å². The molecule has 33 heavy (non-hydrogen) atoms. The Bertz CT molecular complexity index is 985. The van der Waals surface area contributed by atoms with Crippen LogP contribution in [0.25, 0.3) is 0 Å². The van der Waals surface area contributed by atoms with Crippen molar-refractivity contribution in [3.63, 3.8) is 0 Å². The standard InChI is InChI=1S/C27H30N2O4/c1-3-4-11-18-33-24-19-22(16-17-23(24)32-2)25(28-26(30)20-12-7-5-8-13-20)29-27(31)21-14-9-6-10-15-21/h5-10,12-17,19,25H,3-4,11,18H2,1-2H3,(H,28,30)(H,29,31). The fourth-order valence-electron chi connectivity index (χ4n) is 3.33. The molecular weight excluding hydrogens is 416 g/mol. The van der Waals surface area contributed by atoms with Crippen molar-refractivity contribution in [2.75, 3.05) is 13.7 Å². The van der Waals surface area contributed by atoms with Gasteiger partial charge in [-0.2, -0.15) is 0 Å². The van der Waals surface area contributed by atoms with Crippen molar-refractivity contribution in [1.82, 2.24) is 10.6 Å². The number of benzene rings is 3. The molecule has 6 nitrogen and oxygen atoms in total. The minimum Gasteiger partial charge on any atom is -0.493 e. The van der Waals surface area contributed by atoms with Crippen LogP contribution in [-0.4, -0.2) is 25.5 Å². The zero-order valence-electron chi connectivity index (χ0n) is 19.0. The maximum Gasteiger partial charge on any atom is 0.253 e. The van der Waals surface area contributed by atoms with Crippen LogP contribution in [0.2, 0.25) is 0 Å². The van der Waals surface area contributed by atoms with E-state index in [2.05, 4.69) is 17.6 Å². The van der Waals surface area contributed by atoms with Gasteiger partial charge in [-0.25, -0.2) is 0 Å². The highest BCUT2D eigenvalue weighted by Crippen LogP contribution is 2.30. The van der Waals surface area contributed by atoms with Gasteiger partial charge in [0, 0.05) is 11.1 Å². The van der Waals surface area contributed by atoms with E-state index in [1.807, 2.05) is 12.1 Å². The summed E-state index contributed by atoms with van der Waals surface area (Å²) in [5.41, 5.74) is 1.68. The molecule has 3 aromatic carbocycles. The van der Waals surface area contributed by atoms with Gasteiger partial charge in [-0.15, -0.1) is 0 Å². The molecule has 3 aromatic rings. The molecular formula is C27H30N2O4. The van der Waals surface area contributed by atoms with Crippen LogP contribution < -0.4 is 20.1 Å². The van der Waals surface area contributed by atoms with Crippen LogP contribution in [0.4, 0.5) is 0 Å². The Balaban J connectivity index is 1.87. The molecule has 0 fully saturated rings. The summed E-state index contributed by atoms with van der Waals surface area (Å²) in [5.74, 6) is 0.571. The molecule has 2 N–H and O–H groups in total. The highest BCUT2D eigenvalue weighted by Gasteiger charge is 2.20. The number of ether oxygens (including phenoxy) is 2. The third-order valence-corrected chi connectivity index (χ3v) is 5.15. The molecule has 0 aliphatic carbocycles. The Morgan fingerprint density at radius 3 is 1.88 bits per heavy atom. The van der Waals surface area contributed by atoms with Gasteiger partial charge in [0.25, 0.3) is 11.8 Å². The van der Waals surface area contributed by atoms with Crippen molar-refractivity contribution in [3.8, 4) is 11.5 Å². The van der Waals surface area contributed by atoms with E-state index in [-0.39, 0.29) is 11.8 Å². The molecule has 0 bridgehead atoms. The largest absolute Gasteiger partial charge is 0.493 e. The third-order valence-electron chi connectivity index (χ3n) is 5.15. The van der Waals surface area contributed by atoms with E-state index in [0.29, 0.717) is 34.8 Å². The summed E-state index contributed by atoms with van der Waals surface area (Å²) in [4.78, 5) is 25.8. The topological polar surface area (TPSA) is 76.7 Å². The van der Waals surface area contributed by atoms with Crippen LogP contribution in [0.1, 0.15) is 58.6 Å². The predicted molar refractivity (Wildman–Crippen MR) is 129 cm³/mol. The van der Waals surface area contributed by atoms with Gasteiger partial charge in [0.15, 0.2) is 11.5 Å². The summed E-state index contributed by atoms with van der Waals surface area (Å²) in [6.07, 6.45) is 2.34. The Hall–Kier alpha value is -3.80. The first-order chi connectivity index (χ1) is 16.1. The summed E-state index contributed by atoms with van der Waals surface area (Å²) in [5, 5.41) is 5.85. The highest BCUT2D eigenvalue weighted by molar-refractivity contribution is 5.96. The molecule has 0 heterocycles. The van der Waals surface area contributed by atoms with Gasteiger partial charge in [-0.3, -0.25) is 9.59 Å². The van der Waals surface area contributed by atoms with Gasteiger partial charge in [0.05, 0.1) is 13.7 Å². The predicted octanol–water partition coefficient (Wildman–Crippen LogP) is 5.12. The van der Waals surface area contributed by atoms with Crippen molar-refractivity contribution < 1.29 is 19.1 Å². The number of methoxy groups -OCH3 is 1. The fourth-order valence-corrected chi connectivity index (χ4v) is 3.33. The summed E-state index contributed by atoms with van der Waals surface area (Å²) in [7, 11) is 1.58. The molecule has 172 valence electrons. The SMILES string of the molecule is CCCCCOc1cc(C(NC(=O)c2ccccc2)NC(=O)c2ccccc2)ccc1OC. The number of carbonyl (C=O) groups excluding carboxylic acids is 2. The lowest BCUT2D eigenvalue weighted by Gasteiger charge is -2.22. The number of carbonyl (C=O) groups is 2. The summed E-state index contributed by atoms with van der Waals surface area (Å²) in [6, 6.07) is 23.1. The minimum atomic E-state index is -0.769. The van der Waals surface area contributed by atoms with Crippen LogP contribution >= 0.6 is 0 Å². The summed E-state index contributed by atoms with van der Waals surface area (Å²) < 4.78 is 11.4. The second-order valence-electron chi connectivity index (χ2n) is 7.58. The molecule has 0 unspecified atom stereocenters. The van der Waals surface area contributed by atoms with Crippen molar-refractivity contribution in [2.24, 2.45) is 0 Å². The van der Waals surface area contributed by atoms with Crippen LogP contribution in [0.3, 0.4) is 0 Å². The number of unbranched alkanes of at least 4 members (excludes halogenated alkanes) is 2. The lowest BCUT2D eigenvalue weighted by molar-refractivity contribution is 0.0883. The fraction of sp³-hybridized carbons (Fsp3) is 0.259. The van der Waals surface area contributed by atoms with Crippen molar-refractivity contribution in [3.05, 3.63) is 95.6 Å². The number of rotatable bonds is 11. The first-order valence-corrected chi connectivity index (χ1v) is 11.1. The van der Waals surface area contributed by atoms with Crippen molar-refractivity contribution in [2.45, 2.75) is 32.4 Å². The molecule has 0 spiro atoms. The number of nitrogens with one attached hydrogen (secondary N) is 2. The first kappa shape index (κ1) is 23.9. The Labute approximate surface area is 194 Å². The minimum absolute atomic E-state index is 0.296. The average molecular weight is 447 g/mol. The lowest BCUT2D eigenvalue weighted by atomic mass is 10.1. The zero-order chi connectivity index (χ0) is 23.5. The second-order valence-corrected chi connectivity index (χ2v) is 7.58. The van der Waals surface area contributed by atoms with Crippen LogP contribution in [-0.2, 0) is 0 Å². The Kier molecular flexibility index (Phi) is 8.88. The molecule has 0 saturated carbocycles. The van der Waals surface area contributed by atoms with Gasteiger partial charge in [-0.05, 0) is 48.4 Å². The Morgan fingerprint density at radius 1 is 0.788 bits per heavy atom. The van der Waals surface area contributed by atoms with Gasteiger partial charge >= 0.3 is 0 Å². The summed E-state index contributed by atoms with van der Waals surface area (Å²) >= 11 is 0. The number of hydrogen-bond donors (Lipinski definition) is 2. The van der Waals surface area contributed by atoms with Crippen LogP contribution in [0.15, 0.2) is 78.9 Å². The van der Waals surface area contributed by atoms with Crippen LogP contribution in [0.5, 0.6) is 11.5 Å². The Morgan fingerprint density at radius 2 is 1.36 bits per heavy atom. The van der Waals surface area contributed by atoms with E-state index in [4.69, 9.17) is 9.47 Å². The average Bonchev–Trinajstić information content (AvgIpc) is 2.87. The third kappa shape index (κ3) is 6.84. The van der Waals surface area contributed by atoms with Gasteiger partial charge < -0.3 is 20.1 Å². The van der Waals surface area contributed by atoms with E-state index in [0.717, 1.165) is 19.3 Å². The monoisotopic (exact) mass is 446 g/mol. The first-order valence-electron chi connectivity index (χ1n) is 11.1. The van der Waals surface area contributed by atoms with Gasteiger partial charge in [0.1, 0.15) is 6.17 Å². The molecule has 2 amide bonds. The summed E-state index contributed by atoms with van der Waals surface area (Å²) in [6.45, 7) is 2.70. The number of hydrogen-bond acceptors (Lipinski definition) is 4. The molecule has 0 radical (unpaired) electrons. The number of amides is 2. The van der Waals surface area contributed by atoms with E-state index in [9.17, 15) is 9.59 Å². The molecule has 0 aliphatic heterocycles. The molecule has 0 atom stereocenters. The maximum atomic E-state index is 12.9. The van der Waals surface area contributed by atoms with Gasteiger partial charge in [-0.1, -0.05) is 62.2 Å². The second kappa shape index (κ2) is 12.3. The zero-order valence-corrected chi connectivity index (χ0v) is 19.0. The molecule has 6 heteroatoms. The van der Waals surface area contributed by atoms with Crippen molar-refractivity contribution in [1.29, 1.82) is 0 Å². The van der Waals surface area contributed by atoms with Gasteiger partial charge in [0.2, 0.25) is 0 Å². The lowest BCUT2D eigenvalue weighted by Crippen LogP contribution is -2.41. The normalized spacial score (nSPS) is 10.5. The van der Waals surface area contributed by atoms with E-state index >= 15 is 0 Å². The highest BCUT2D eigenvalue weighted by atomic mass is 16.5. The maximum absolute atomic E-state index is 12.9. The van der Waals surface area contributed by atoms with E-state index in [1.54, 1.807) is 73.8 Å². The van der Waals surface area contributed by atoms with Crippen molar-refractivity contribution >= 4 is 11.8 Å². The smallest absolute Gasteiger partial charge is 0.253 e. The molecule has 0 saturated heterocycles. The molecule has 0 aromatic heterocycles.